The third-order valence-electron chi connectivity index (χ3n) is 5.66. The van der Waals surface area contributed by atoms with Gasteiger partial charge in [0.15, 0.2) is 4.80 Å². The summed E-state index contributed by atoms with van der Waals surface area (Å²) in [5.74, 6) is 0.663. The number of fused-ring (bicyclic) bond motifs is 1. The molecule has 5 rings (SSSR count). The summed E-state index contributed by atoms with van der Waals surface area (Å²) in [6.45, 7) is 1.73. The third kappa shape index (κ3) is 4.33. The number of nitrogens with zero attached hydrogens (tertiary/aromatic N) is 2. The molecule has 6 nitrogen and oxygen atoms in total. The quantitative estimate of drug-likeness (QED) is 0.321. The lowest BCUT2D eigenvalue weighted by Gasteiger charge is -2.25. The van der Waals surface area contributed by atoms with Crippen molar-refractivity contribution in [2.75, 3.05) is 7.11 Å². The molecular weight excluding hydrogens is 552 g/mol. The first kappa shape index (κ1) is 23.5. The number of hydrogen-bond donors (Lipinski definition) is 0. The minimum atomic E-state index is -0.760. The van der Waals surface area contributed by atoms with Crippen molar-refractivity contribution in [3.63, 3.8) is 0 Å². The van der Waals surface area contributed by atoms with Crippen LogP contribution in [0.1, 0.15) is 24.3 Å². The molecule has 176 valence electrons. The van der Waals surface area contributed by atoms with Gasteiger partial charge in [-0.15, -0.1) is 0 Å². The van der Waals surface area contributed by atoms with Crippen LogP contribution in [0.4, 0.5) is 0 Å². The number of rotatable bonds is 4. The second kappa shape index (κ2) is 9.45. The zero-order valence-corrected chi connectivity index (χ0v) is 21.8. The lowest BCUT2D eigenvalue weighted by atomic mass is 9.96. The van der Waals surface area contributed by atoms with E-state index in [1.165, 1.54) is 23.0 Å². The molecule has 0 bridgehead atoms. The zero-order chi connectivity index (χ0) is 24.7. The number of carbonyl (C=O) groups is 1. The predicted molar refractivity (Wildman–Crippen MR) is 139 cm³/mol. The number of allylic oxidation sites excluding steroid dienone is 1. The summed E-state index contributed by atoms with van der Waals surface area (Å²) < 4.78 is 13.9. The molecule has 0 saturated heterocycles. The molecule has 1 aliphatic heterocycles. The number of halogens is 2. The van der Waals surface area contributed by atoms with E-state index in [1.54, 1.807) is 31.2 Å². The van der Waals surface area contributed by atoms with Crippen molar-refractivity contribution in [2.45, 2.75) is 13.0 Å². The van der Waals surface area contributed by atoms with Gasteiger partial charge in [-0.1, -0.05) is 69.2 Å². The lowest BCUT2D eigenvalue weighted by molar-refractivity contribution is -0.136. The van der Waals surface area contributed by atoms with E-state index in [2.05, 4.69) is 20.9 Å². The van der Waals surface area contributed by atoms with Crippen molar-refractivity contribution >= 4 is 50.9 Å². The maximum absolute atomic E-state index is 13.6. The topological polar surface area (TPSA) is 73.8 Å². The van der Waals surface area contributed by atoms with E-state index < -0.39 is 12.0 Å². The summed E-state index contributed by atoms with van der Waals surface area (Å²) in [4.78, 5) is 31.4. The fourth-order valence-electron chi connectivity index (χ4n) is 4.01. The molecule has 1 atom stereocenters. The highest BCUT2D eigenvalue weighted by Gasteiger charge is 2.34. The average Bonchev–Trinajstić information content (AvgIpc) is 3.43. The maximum Gasteiger partial charge on any atom is 0.338 e. The number of benzene rings is 2. The van der Waals surface area contributed by atoms with Gasteiger partial charge in [-0.2, -0.15) is 0 Å². The molecule has 0 spiro atoms. The van der Waals surface area contributed by atoms with Crippen LogP contribution < -0.4 is 14.9 Å². The number of aromatic nitrogens is 1. The van der Waals surface area contributed by atoms with Gasteiger partial charge < -0.3 is 9.15 Å². The summed E-state index contributed by atoms with van der Waals surface area (Å²) in [6, 6.07) is 17.8. The molecule has 2 aromatic heterocycles. The molecule has 0 saturated carbocycles. The van der Waals surface area contributed by atoms with Gasteiger partial charge in [-0.25, -0.2) is 9.79 Å². The number of methoxy groups -OCH3 is 1. The first-order valence-corrected chi connectivity index (χ1v) is 12.6. The SMILES string of the molecule is COC(=O)C1=C(C)N=c2s/c(=C/c3ccc(-c4ccc(Br)cc4)o3)c(=O)n2[C@@H]1c1ccccc1Cl. The third-order valence-corrected chi connectivity index (χ3v) is 7.51. The van der Waals surface area contributed by atoms with Crippen LogP contribution in [0, 0.1) is 0 Å². The van der Waals surface area contributed by atoms with Crippen molar-refractivity contribution in [3.05, 3.63) is 112 Å². The molecule has 4 aromatic rings. The van der Waals surface area contributed by atoms with E-state index in [0.717, 1.165) is 10.0 Å². The fraction of sp³-hybridized carbons (Fsp3) is 0.115. The first-order chi connectivity index (χ1) is 16.9. The van der Waals surface area contributed by atoms with Gasteiger partial charge in [0.2, 0.25) is 0 Å². The molecule has 0 unspecified atom stereocenters. The Morgan fingerprint density at radius 3 is 2.63 bits per heavy atom. The summed E-state index contributed by atoms with van der Waals surface area (Å²) >= 11 is 11.2. The van der Waals surface area contributed by atoms with Crippen LogP contribution in [0.25, 0.3) is 17.4 Å². The maximum atomic E-state index is 13.6. The number of ether oxygens (including phenoxy) is 1. The Balaban J connectivity index is 1.66. The minimum Gasteiger partial charge on any atom is -0.466 e. The van der Waals surface area contributed by atoms with Gasteiger partial charge in [-0.05, 0) is 42.8 Å². The molecule has 0 N–H and O–H groups in total. The van der Waals surface area contributed by atoms with Crippen LogP contribution in [0.3, 0.4) is 0 Å². The van der Waals surface area contributed by atoms with Crippen molar-refractivity contribution in [2.24, 2.45) is 4.99 Å². The monoisotopic (exact) mass is 568 g/mol. The van der Waals surface area contributed by atoms with Crippen LogP contribution in [-0.2, 0) is 9.53 Å². The van der Waals surface area contributed by atoms with Gasteiger partial charge in [0.25, 0.3) is 5.56 Å². The number of esters is 1. The number of furan rings is 1. The normalized spacial score (nSPS) is 15.7. The molecule has 3 heterocycles. The molecule has 0 fully saturated rings. The van der Waals surface area contributed by atoms with Crippen molar-refractivity contribution in [1.29, 1.82) is 0 Å². The largest absolute Gasteiger partial charge is 0.466 e. The predicted octanol–water partition coefficient (Wildman–Crippen LogP) is 5.08. The Labute approximate surface area is 217 Å². The second-order valence-electron chi connectivity index (χ2n) is 7.80. The Hall–Kier alpha value is -3.20. The number of hydrogen-bond acceptors (Lipinski definition) is 6. The molecule has 9 heteroatoms. The summed E-state index contributed by atoms with van der Waals surface area (Å²) in [6.07, 6.45) is 1.69. The lowest BCUT2D eigenvalue weighted by Crippen LogP contribution is -2.39. The Morgan fingerprint density at radius 2 is 1.91 bits per heavy atom. The van der Waals surface area contributed by atoms with Crippen LogP contribution in [-0.4, -0.2) is 17.6 Å². The van der Waals surface area contributed by atoms with Gasteiger partial charge in [0, 0.05) is 21.1 Å². The summed E-state index contributed by atoms with van der Waals surface area (Å²) in [5, 5.41) is 0.438. The summed E-state index contributed by atoms with van der Waals surface area (Å²) in [7, 11) is 1.30. The Bertz CT molecular complexity index is 1660. The van der Waals surface area contributed by atoms with Crippen molar-refractivity contribution < 1.29 is 13.9 Å². The molecule has 2 aromatic carbocycles. The molecule has 0 amide bonds. The van der Waals surface area contributed by atoms with Gasteiger partial charge >= 0.3 is 5.97 Å². The summed E-state index contributed by atoms with van der Waals surface area (Å²) in [5.41, 5.74) is 1.99. The van der Waals surface area contributed by atoms with Crippen LogP contribution in [0.15, 0.2) is 90.6 Å². The highest BCUT2D eigenvalue weighted by molar-refractivity contribution is 9.10. The zero-order valence-electron chi connectivity index (χ0n) is 18.6. The number of thiazole rings is 1. The molecular formula is C26H18BrClN2O4S. The van der Waals surface area contributed by atoms with Crippen LogP contribution in [0.5, 0.6) is 0 Å². The van der Waals surface area contributed by atoms with Crippen molar-refractivity contribution in [3.8, 4) is 11.3 Å². The van der Waals surface area contributed by atoms with E-state index in [1.807, 2.05) is 42.5 Å². The standard InChI is InChI=1S/C26H18BrClN2O4S/c1-14-22(25(32)33-2)23(18-5-3-4-6-19(18)28)30-24(31)21(35-26(30)29-14)13-17-11-12-20(34-17)15-7-9-16(27)10-8-15/h3-13,23H,1-2H3/b21-13+/t23-/m1/s1. The second-order valence-corrected chi connectivity index (χ2v) is 10.1. The Morgan fingerprint density at radius 1 is 1.17 bits per heavy atom. The molecule has 0 aliphatic carbocycles. The van der Waals surface area contributed by atoms with Gasteiger partial charge in [-0.3, -0.25) is 9.36 Å². The highest BCUT2D eigenvalue weighted by atomic mass is 79.9. The van der Waals surface area contributed by atoms with E-state index in [4.69, 9.17) is 20.8 Å². The number of carbonyl (C=O) groups excluding carboxylic acids is 1. The minimum absolute atomic E-state index is 0.273. The molecule has 1 aliphatic rings. The van der Waals surface area contributed by atoms with Gasteiger partial charge in [0.1, 0.15) is 17.6 Å². The van der Waals surface area contributed by atoms with Crippen LogP contribution in [0.2, 0.25) is 5.02 Å². The van der Waals surface area contributed by atoms with E-state index >= 15 is 0 Å². The average molecular weight is 570 g/mol. The van der Waals surface area contributed by atoms with E-state index in [9.17, 15) is 9.59 Å². The van der Waals surface area contributed by atoms with E-state index in [0.29, 0.717) is 37.1 Å². The first-order valence-electron chi connectivity index (χ1n) is 10.6. The highest BCUT2D eigenvalue weighted by Crippen LogP contribution is 2.34. The van der Waals surface area contributed by atoms with Gasteiger partial charge in [0.05, 0.1) is 22.9 Å². The van der Waals surface area contributed by atoms with E-state index in [-0.39, 0.29) is 11.1 Å². The van der Waals surface area contributed by atoms with Crippen LogP contribution >= 0.6 is 38.9 Å². The van der Waals surface area contributed by atoms with Crippen molar-refractivity contribution in [1.82, 2.24) is 4.57 Å². The smallest absolute Gasteiger partial charge is 0.338 e. The molecule has 35 heavy (non-hydrogen) atoms. The Kier molecular flexibility index (Phi) is 6.35. The fourth-order valence-corrected chi connectivity index (χ4v) is 5.54. The molecule has 0 radical (unpaired) electrons.